The number of carbonyl (C=O) groups is 1. The third-order valence-corrected chi connectivity index (χ3v) is 2.62. The molecule has 5 nitrogen and oxygen atoms in total. The smallest absolute Gasteiger partial charge is 0.290 e. The van der Waals surface area contributed by atoms with Crippen LogP contribution in [0.25, 0.3) is 11.0 Å². The number of hydrogen-bond donors (Lipinski definition) is 1. The summed E-state index contributed by atoms with van der Waals surface area (Å²) in [5, 5.41) is 8.25. The lowest BCUT2D eigenvalue weighted by molar-refractivity contribution is -0.122. The number of halogens is 1. The summed E-state index contributed by atoms with van der Waals surface area (Å²) < 4.78 is 2.13. The molecule has 0 unspecified atom stereocenters. The summed E-state index contributed by atoms with van der Waals surface area (Å²) in [6, 6.07) is 0. The van der Waals surface area contributed by atoms with E-state index in [1.54, 1.807) is 6.20 Å². The van der Waals surface area contributed by atoms with Gasteiger partial charge >= 0.3 is 0 Å². The molecule has 0 atom stereocenters. The Balaban J connectivity index is 0.000000641. The van der Waals surface area contributed by atoms with E-state index < -0.39 is 0 Å². The van der Waals surface area contributed by atoms with Crippen LogP contribution in [0.15, 0.2) is 12.4 Å². The molecule has 0 saturated carbocycles. The van der Waals surface area contributed by atoms with Gasteiger partial charge in [-0.2, -0.15) is 4.98 Å². The summed E-state index contributed by atoms with van der Waals surface area (Å²) in [5.74, 6) is 0. The Bertz CT molecular complexity index is 559. The van der Waals surface area contributed by atoms with E-state index in [1.807, 2.05) is 13.8 Å². The summed E-state index contributed by atoms with van der Waals surface area (Å²) in [6.45, 7) is 12.2. The van der Waals surface area contributed by atoms with E-state index in [0.717, 1.165) is 11.0 Å². The Labute approximate surface area is 124 Å². The van der Waals surface area contributed by atoms with E-state index >= 15 is 0 Å². The summed E-state index contributed by atoms with van der Waals surface area (Å²) in [4.78, 5) is 16.6. The third kappa shape index (κ3) is 4.49. The van der Waals surface area contributed by atoms with Crippen molar-refractivity contribution in [3.8, 4) is 0 Å². The molecule has 0 spiro atoms. The third-order valence-electron chi connectivity index (χ3n) is 2.44. The second kappa shape index (κ2) is 7.85. The van der Waals surface area contributed by atoms with Crippen molar-refractivity contribution >= 4 is 29.1 Å². The normalized spacial score (nSPS) is 10.2. The molecule has 20 heavy (non-hydrogen) atoms. The fourth-order valence-corrected chi connectivity index (χ4v) is 1.78. The molecule has 0 fully saturated rings. The van der Waals surface area contributed by atoms with Crippen LogP contribution in [0, 0.1) is 6.92 Å². The maximum atomic E-state index is 8.36. The van der Waals surface area contributed by atoms with Crippen LogP contribution in [0.2, 0.25) is 5.28 Å². The number of hydrogen-bond acceptors (Lipinski definition) is 3. The van der Waals surface area contributed by atoms with Gasteiger partial charge in [0.2, 0.25) is 5.28 Å². The molecule has 0 aliphatic heterocycles. The number of aryl methyl sites for hydroxylation is 1. The molecule has 0 aromatic carbocycles. The maximum Gasteiger partial charge on any atom is 0.290 e. The van der Waals surface area contributed by atoms with Gasteiger partial charge in [0, 0.05) is 23.3 Å². The topological polar surface area (TPSA) is 68.0 Å². The van der Waals surface area contributed by atoms with E-state index in [0.29, 0.717) is 5.28 Å². The molecule has 0 amide bonds. The predicted octanol–water partition coefficient (Wildman–Crippen LogP) is 3.88. The second-order valence-corrected chi connectivity index (χ2v) is 5.17. The highest BCUT2D eigenvalue weighted by molar-refractivity contribution is 6.28. The van der Waals surface area contributed by atoms with Crippen molar-refractivity contribution in [3.05, 3.63) is 23.2 Å². The van der Waals surface area contributed by atoms with Crippen molar-refractivity contribution in [1.82, 2.24) is 14.5 Å². The Hall–Kier alpha value is -1.62. The van der Waals surface area contributed by atoms with Gasteiger partial charge in [-0.1, -0.05) is 13.8 Å². The van der Waals surface area contributed by atoms with Gasteiger partial charge in [0.25, 0.3) is 6.47 Å². The Kier molecular flexibility index (Phi) is 7.21. The van der Waals surface area contributed by atoms with Gasteiger partial charge < -0.3 is 9.67 Å². The van der Waals surface area contributed by atoms with Gasteiger partial charge in [-0.15, -0.1) is 0 Å². The van der Waals surface area contributed by atoms with Crippen LogP contribution in [0.4, 0.5) is 0 Å². The van der Waals surface area contributed by atoms with Gasteiger partial charge in [0.15, 0.2) is 0 Å². The van der Waals surface area contributed by atoms with E-state index in [2.05, 4.69) is 48.4 Å². The predicted molar refractivity (Wildman–Crippen MR) is 82.3 cm³/mol. The number of nitrogens with zero attached hydrogens (tertiary/aromatic N) is 3. The van der Waals surface area contributed by atoms with Crippen LogP contribution in [-0.4, -0.2) is 26.1 Å². The van der Waals surface area contributed by atoms with Gasteiger partial charge in [-0.3, -0.25) is 4.79 Å². The van der Waals surface area contributed by atoms with Gasteiger partial charge in [-0.25, -0.2) is 4.98 Å². The van der Waals surface area contributed by atoms with Crippen molar-refractivity contribution < 1.29 is 9.90 Å². The summed E-state index contributed by atoms with van der Waals surface area (Å²) >= 11 is 5.81. The highest BCUT2D eigenvalue weighted by Gasteiger charge is 2.18. The van der Waals surface area contributed by atoms with E-state index in [-0.39, 0.29) is 12.0 Å². The molecule has 0 radical (unpaired) electrons. The lowest BCUT2D eigenvalue weighted by Gasteiger charge is -2.21. The minimum Gasteiger partial charge on any atom is -0.483 e. The largest absolute Gasteiger partial charge is 0.483 e. The molecule has 2 aromatic rings. The lowest BCUT2D eigenvalue weighted by Crippen LogP contribution is -2.21. The second-order valence-electron chi connectivity index (χ2n) is 4.83. The van der Waals surface area contributed by atoms with E-state index in [1.165, 1.54) is 5.56 Å². The minimum atomic E-state index is -0.250. The summed E-state index contributed by atoms with van der Waals surface area (Å²) in [6.07, 6.45) is 3.87. The van der Waals surface area contributed by atoms with Crippen LogP contribution in [0.3, 0.4) is 0 Å². The Morgan fingerprint density at radius 1 is 1.35 bits per heavy atom. The minimum absolute atomic E-state index is 0.00416. The van der Waals surface area contributed by atoms with Crippen LogP contribution in [-0.2, 0) is 10.3 Å². The van der Waals surface area contributed by atoms with Crippen molar-refractivity contribution in [2.45, 2.75) is 47.1 Å². The average Bonchev–Trinajstić information content (AvgIpc) is 2.69. The van der Waals surface area contributed by atoms with Gasteiger partial charge in [-0.05, 0) is 44.9 Å². The fourth-order valence-electron chi connectivity index (χ4n) is 1.65. The van der Waals surface area contributed by atoms with Crippen LogP contribution in [0.1, 0.15) is 40.2 Å². The first-order valence-corrected chi connectivity index (χ1v) is 6.77. The van der Waals surface area contributed by atoms with Crippen molar-refractivity contribution in [3.63, 3.8) is 0 Å². The lowest BCUT2D eigenvalue weighted by atomic mass is 10.1. The highest BCUT2D eigenvalue weighted by Crippen LogP contribution is 2.25. The van der Waals surface area contributed by atoms with Crippen LogP contribution >= 0.6 is 11.6 Å². The van der Waals surface area contributed by atoms with E-state index in [4.69, 9.17) is 21.5 Å². The molecule has 0 aliphatic rings. The molecule has 2 rings (SSSR count). The quantitative estimate of drug-likeness (QED) is 0.592. The van der Waals surface area contributed by atoms with E-state index in [9.17, 15) is 0 Å². The maximum absolute atomic E-state index is 8.36. The Morgan fingerprint density at radius 3 is 2.30 bits per heavy atom. The SMILES string of the molecule is CC.Cc1cn(C(C)(C)C)c2nc(Cl)ncc12.O=CO. The molecule has 2 heterocycles. The summed E-state index contributed by atoms with van der Waals surface area (Å²) in [5.41, 5.74) is 2.08. The number of carboxylic acid groups (broad SMARTS) is 1. The molecule has 1 N–H and O–H groups in total. The molecule has 0 saturated heterocycles. The first kappa shape index (κ1) is 18.4. The van der Waals surface area contributed by atoms with Crippen molar-refractivity contribution in [2.75, 3.05) is 0 Å². The molecular weight excluding hydrogens is 278 g/mol. The fraction of sp³-hybridized carbons (Fsp3) is 0.500. The zero-order valence-corrected chi connectivity index (χ0v) is 13.6. The van der Waals surface area contributed by atoms with Crippen LogP contribution in [0.5, 0.6) is 0 Å². The first-order valence-electron chi connectivity index (χ1n) is 6.39. The first-order chi connectivity index (χ1) is 9.31. The van der Waals surface area contributed by atoms with Crippen molar-refractivity contribution in [1.29, 1.82) is 0 Å². The number of aromatic nitrogens is 3. The zero-order chi connectivity index (χ0) is 15.9. The molecule has 0 bridgehead atoms. The zero-order valence-electron chi connectivity index (χ0n) is 12.8. The Morgan fingerprint density at radius 2 is 1.85 bits per heavy atom. The van der Waals surface area contributed by atoms with Crippen molar-refractivity contribution in [2.24, 2.45) is 0 Å². The number of rotatable bonds is 0. The molecule has 112 valence electrons. The van der Waals surface area contributed by atoms with Crippen LogP contribution < -0.4 is 0 Å². The highest BCUT2D eigenvalue weighted by atomic mass is 35.5. The monoisotopic (exact) mass is 299 g/mol. The molecule has 0 aliphatic carbocycles. The standard InChI is InChI=1S/C11H14ClN3.C2H6.CH2O2/c1-7-6-15(11(2,3)4)9-8(7)5-13-10(12)14-9;1-2;2-1-3/h5-6H,1-4H3;1-2H3;1H,(H,2,3). The molecular formula is C14H22ClN3O2. The summed E-state index contributed by atoms with van der Waals surface area (Å²) in [7, 11) is 0. The molecule has 6 heteroatoms. The average molecular weight is 300 g/mol. The van der Waals surface area contributed by atoms with Gasteiger partial charge in [0.05, 0.1) is 0 Å². The number of fused-ring (bicyclic) bond motifs is 1. The van der Waals surface area contributed by atoms with Gasteiger partial charge in [0.1, 0.15) is 5.65 Å². The molecule has 2 aromatic heterocycles.